The summed E-state index contributed by atoms with van der Waals surface area (Å²) in [5, 5.41) is 12.4. The standard InChI is InChI=1S/C14H11BrINO2/c15-11-4-1-9(2-5-11)8-17-14(19)10-3-6-12(16)13(18)7-10/h1-7,18H,8H2,(H,17,19). The molecule has 0 aromatic heterocycles. The summed E-state index contributed by atoms with van der Waals surface area (Å²) in [6.07, 6.45) is 0. The van der Waals surface area contributed by atoms with Gasteiger partial charge in [0.25, 0.3) is 5.91 Å². The predicted octanol–water partition coefficient (Wildman–Crippen LogP) is 3.69. The molecular weight excluding hydrogens is 421 g/mol. The molecule has 0 bridgehead atoms. The van der Waals surface area contributed by atoms with Gasteiger partial charge in [-0.15, -0.1) is 0 Å². The molecule has 3 nitrogen and oxygen atoms in total. The Hall–Kier alpha value is -1.08. The number of hydrogen-bond acceptors (Lipinski definition) is 2. The number of nitrogens with one attached hydrogen (secondary N) is 1. The molecule has 2 aromatic carbocycles. The van der Waals surface area contributed by atoms with E-state index in [1.165, 1.54) is 6.07 Å². The minimum Gasteiger partial charge on any atom is -0.507 e. The summed E-state index contributed by atoms with van der Waals surface area (Å²) in [6, 6.07) is 12.6. The van der Waals surface area contributed by atoms with Crippen LogP contribution in [-0.2, 0) is 6.54 Å². The van der Waals surface area contributed by atoms with Crippen LogP contribution in [0.1, 0.15) is 15.9 Å². The summed E-state index contributed by atoms with van der Waals surface area (Å²) in [6.45, 7) is 0.457. The molecule has 0 saturated heterocycles. The Bertz CT molecular complexity index is 599. The van der Waals surface area contributed by atoms with Crippen LogP contribution in [0.25, 0.3) is 0 Å². The minimum absolute atomic E-state index is 0.122. The van der Waals surface area contributed by atoms with E-state index >= 15 is 0 Å². The lowest BCUT2D eigenvalue weighted by molar-refractivity contribution is 0.0950. The largest absolute Gasteiger partial charge is 0.507 e. The molecule has 0 aliphatic heterocycles. The van der Waals surface area contributed by atoms with E-state index < -0.39 is 0 Å². The van der Waals surface area contributed by atoms with Gasteiger partial charge in [0, 0.05) is 16.6 Å². The monoisotopic (exact) mass is 431 g/mol. The highest BCUT2D eigenvalue weighted by Gasteiger charge is 2.07. The maximum atomic E-state index is 11.9. The number of carbonyl (C=O) groups is 1. The predicted molar refractivity (Wildman–Crippen MR) is 86.1 cm³/mol. The molecule has 0 aliphatic carbocycles. The van der Waals surface area contributed by atoms with Crippen molar-refractivity contribution in [2.24, 2.45) is 0 Å². The van der Waals surface area contributed by atoms with Gasteiger partial charge in [0.1, 0.15) is 5.75 Å². The van der Waals surface area contributed by atoms with Crippen LogP contribution in [0.3, 0.4) is 0 Å². The molecule has 0 saturated carbocycles. The Morgan fingerprint density at radius 2 is 1.89 bits per heavy atom. The molecule has 0 spiro atoms. The highest BCUT2D eigenvalue weighted by molar-refractivity contribution is 14.1. The van der Waals surface area contributed by atoms with Crippen LogP contribution >= 0.6 is 38.5 Å². The number of aromatic hydroxyl groups is 1. The summed E-state index contributed by atoms with van der Waals surface area (Å²) in [4.78, 5) is 11.9. The van der Waals surface area contributed by atoms with Gasteiger partial charge in [0.15, 0.2) is 0 Å². The molecule has 0 aliphatic rings. The first-order valence-electron chi connectivity index (χ1n) is 5.57. The second-order valence-corrected chi connectivity index (χ2v) is 6.05. The minimum atomic E-state index is -0.199. The zero-order valence-electron chi connectivity index (χ0n) is 9.86. The smallest absolute Gasteiger partial charge is 0.251 e. The quantitative estimate of drug-likeness (QED) is 0.728. The molecule has 2 rings (SSSR count). The number of benzene rings is 2. The third kappa shape index (κ3) is 3.94. The number of amides is 1. The third-order valence-corrected chi connectivity index (χ3v) is 4.02. The summed E-state index contributed by atoms with van der Waals surface area (Å²) < 4.78 is 1.73. The Kier molecular flexibility index (Phi) is 4.81. The van der Waals surface area contributed by atoms with Crippen molar-refractivity contribution in [3.63, 3.8) is 0 Å². The van der Waals surface area contributed by atoms with E-state index in [1.807, 2.05) is 46.9 Å². The van der Waals surface area contributed by atoms with E-state index in [0.717, 1.165) is 13.6 Å². The van der Waals surface area contributed by atoms with E-state index in [1.54, 1.807) is 12.1 Å². The molecular formula is C14H11BrINO2. The SMILES string of the molecule is O=C(NCc1ccc(Br)cc1)c1ccc(I)c(O)c1. The fourth-order valence-corrected chi connectivity index (χ4v) is 2.14. The lowest BCUT2D eigenvalue weighted by Crippen LogP contribution is -2.22. The van der Waals surface area contributed by atoms with Crippen molar-refractivity contribution in [3.8, 4) is 5.75 Å². The van der Waals surface area contributed by atoms with E-state index in [-0.39, 0.29) is 11.7 Å². The van der Waals surface area contributed by atoms with Crippen LogP contribution < -0.4 is 5.32 Å². The summed E-state index contributed by atoms with van der Waals surface area (Å²) in [5.41, 5.74) is 1.47. The molecule has 2 N–H and O–H groups in total. The lowest BCUT2D eigenvalue weighted by Gasteiger charge is -2.06. The molecule has 0 heterocycles. The first-order chi connectivity index (χ1) is 9.06. The number of carbonyl (C=O) groups excluding carboxylic acids is 1. The van der Waals surface area contributed by atoms with Gasteiger partial charge in [-0.25, -0.2) is 0 Å². The van der Waals surface area contributed by atoms with Gasteiger partial charge in [0.05, 0.1) is 3.57 Å². The normalized spacial score (nSPS) is 10.2. The van der Waals surface area contributed by atoms with Crippen LogP contribution in [0.5, 0.6) is 5.75 Å². The van der Waals surface area contributed by atoms with Gasteiger partial charge in [-0.2, -0.15) is 0 Å². The fourth-order valence-electron chi connectivity index (χ4n) is 1.54. The molecule has 5 heteroatoms. The second-order valence-electron chi connectivity index (χ2n) is 3.98. The van der Waals surface area contributed by atoms with Crippen molar-refractivity contribution >= 4 is 44.4 Å². The molecule has 0 atom stereocenters. The van der Waals surface area contributed by atoms with Crippen molar-refractivity contribution in [3.05, 3.63) is 61.6 Å². The van der Waals surface area contributed by atoms with Crippen LogP contribution in [0, 0.1) is 3.57 Å². The summed E-state index contributed by atoms with van der Waals surface area (Å²) in [7, 11) is 0. The van der Waals surface area contributed by atoms with Gasteiger partial charge in [-0.1, -0.05) is 28.1 Å². The number of phenols is 1. The highest BCUT2D eigenvalue weighted by Crippen LogP contribution is 2.20. The second kappa shape index (κ2) is 6.38. The topological polar surface area (TPSA) is 49.3 Å². The fraction of sp³-hybridized carbons (Fsp3) is 0.0714. The molecule has 1 amide bonds. The van der Waals surface area contributed by atoms with E-state index in [9.17, 15) is 9.90 Å². The Morgan fingerprint density at radius 1 is 1.21 bits per heavy atom. The average molecular weight is 432 g/mol. The molecule has 98 valence electrons. The average Bonchev–Trinajstić information content (AvgIpc) is 2.41. The van der Waals surface area contributed by atoms with Gasteiger partial charge in [-0.05, 0) is 58.5 Å². The number of phenolic OH excluding ortho intramolecular Hbond substituents is 1. The van der Waals surface area contributed by atoms with E-state index in [0.29, 0.717) is 12.1 Å². The van der Waals surface area contributed by atoms with Crippen molar-refractivity contribution in [1.29, 1.82) is 0 Å². The Morgan fingerprint density at radius 3 is 2.53 bits per heavy atom. The van der Waals surface area contributed by atoms with Crippen LogP contribution in [-0.4, -0.2) is 11.0 Å². The highest BCUT2D eigenvalue weighted by atomic mass is 127. The van der Waals surface area contributed by atoms with Crippen molar-refractivity contribution in [2.45, 2.75) is 6.54 Å². The molecule has 19 heavy (non-hydrogen) atoms. The van der Waals surface area contributed by atoms with Crippen molar-refractivity contribution in [1.82, 2.24) is 5.32 Å². The van der Waals surface area contributed by atoms with Crippen molar-refractivity contribution in [2.75, 3.05) is 0 Å². The summed E-state index contributed by atoms with van der Waals surface area (Å²) in [5.74, 6) is -0.0773. The first kappa shape index (κ1) is 14.3. The van der Waals surface area contributed by atoms with Crippen LogP contribution in [0.4, 0.5) is 0 Å². The molecule has 2 aromatic rings. The maximum absolute atomic E-state index is 11.9. The zero-order chi connectivity index (χ0) is 13.8. The maximum Gasteiger partial charge on any atom is 0.251 e. The third-order valence-electron chi connectivity index (χ3n) is 2.57. The summed E-state index contributed by atoms with van der Waals surface area (Å²) >= 11 is 5.37. The molecule has 0 radical (unpaired) electrons. The number of hydrogen-bond donors (Lipinski definition) is 2. The first-order valence-corrected chi connectivity index (χ1v) is 7.44. The van der Waals surface area contributed by atoms with Crippen LogP contribution in [0.2, 0.25) is 0 Å². The Labute approximate surface area is 133 Å². The van der Waals surface area contributed by atoms with E-state index in [4.69, 9.17) is 0 Å². The van der Waals surface area contributed by atoms with Gasteiger partial charge < -0.3 is 10.4 Å². The number of halogens is 2. The van der Waals surface area contributed by atoms with Gasteiger partial charge in [-0.3, -0.25) is 4.79 Å². The number of rotatable bonds is 3. The van der Waals surface area contributed by atoms with Gasteiger partial charge in [0.2, 0.25) is 0 Å². The van der Waals surface area contributed by atoms with Gasteiger partial charge >= 0.3 is 0 Å². The Balaban J connectivity index is 2.01. The zero-order valence-corrected chi connectivity index (χ0v) is 13.6. The van der Waals surface area contributed by atoms with Crippen LogP contribution in [0.15, 0.2) is 46.9 Å². The molecule has 0 unspecified atom stereocenters. The van der Waals surface area contributed by atoms with E-state index in [2.05, 4.69) is 21.2 Å². The molecule has 0 fully saturated rings. The lowest BCUT2D eigenvalue weighted by atomic mass is 10.2. The van der Waals surface area contributed by atoms with Crippen molar-refractivity contribution < 1.29 is 9.90 Å².